The lowest BCUT2D eigenvalue weighted by atomic mass is 10.2. The molecule has 0 saturated heterocycles. The summed E-state index contributed by atoms with van der Waals surface area (Å²) in [6.45, 7) is 3.71. The summed E-state index contributed by atoms with van der Waals surface area (Å²) in [5.41, 5.74) is 1.74. The van der Waals surface area contributed by atoms with E-state index < -0.39 is 0 Å². The molecule has 2 N–H and O–H groups in total. The highest BCUT2D eigenvalue weighted by Gasteiger charge is 2.19. The van der Waals surface area contributed by atoms with E-state index in [2.05, 4.69) is 23.1 Å². The minimum absolute atomic E-state index is 0.0292. The number of thiol groups is 1. The van der Waals surface area contributed by atoms with Crippen molar-refractivity contribution in [2.24, 2.45) is 0 Å². The standard InChI is InChI=1S/C17H16ClN3O2S2/c1-9(2)19-17(23)21(24)10-7-11(15(22)12(18)8-10)16-20-13-5-3-4-6-14(13)25-16/h3-9,22,24H,1-2H3,(H,19,23). The number of carbonyl (C=O) groups is 1. The van der Waals surface area contributed by atoms with Gasteiger partial charge in [-0.3, -0.25) is 0 Å². The molecule has 2 amide bonds. The van der Waals surface area contributed by atoms with Crippen LogP contribution in [0.3, 0.4) is 0 Å². The molecule has 3 aromatic rings. The number of aromatic nitrogens is 1. The Morgan fingerprint density at radius 2 is 2.08 bits per heavy atom. The van der Waals surface area contributed by atoms with E-state index in [9.17, 15) is 9.90 Å². The number of phenolic OH excluding ortho intramolecular Hbond substituents is 1. The number of carbonyl (C=O) groups excluding carboxylic acids is 1. The minimum Gasteiger partial charge on any atom is -0.506 e. The number of urea groups is 1. The van der Waals surface area contributed by atoms with Crippen LogP contribution in [0.15, 0.2) is 36.4 Å². The summed E-state index contributed by atoms with van der Waals surface area (Å²) in [4.78, 5) is 16.7. The highest BCUT2D eigenvalue weighted by molar-refractivity contribution is 7.82. The van der Waals surface area contributed by atoms with Gasteiger partial charge < -0.3 is 10.4 Å². The molecule has 0 spiro atoms. The lowest BCUT2D eigenvalue weighted by Crippen LogP contribution is -2.38. The number of aromatic hydroxyl groups is 1. The molecule has 0 radical (unpaired) electrons. The van der Waals surface area contributed by atoms with Crippen LogP contribution in [0.5, 0.6) is 5.75 Å². The van der Waals surface area contributed by atoms with E-state index in [4.69, 9.17) is 11.6 Å². The summed E-state index contributed by atoms with van der Waals surface area (Å²) < 4.78 is 2.15. The average Bonchev–Trinajstić information content (AvgIpc) is 2.99. The number of hydrogen-bond acceptors (Lipinski definition) is 5. The quantitative estimate of drug-likeness (QED) is 0.543. The van der Waals surface area contributed by atoms with E-state index in [0.717, 1.165) is 14.5 Å². The molecule has 0 atom stereocenters. The minimum atomic E-state index is -0.379. The van der Waals surface area contributed by atoms with E-state index in [1.807, 2.05) is 38.1 Å². The maximum atomic E-state index is 12.2. The van der Waals surface area contributed by atoms with Crippen molar-refractivity contribution in [1.29, 1.82) is 0 Å². The fourth-order valence-electron chi connectivity index (χ4n) is 2.28. The first kappa shape index (κ1) is 17.8. The SMILES string of the molecule is CC(C)NC(=O)N(S)c1cc(Cl)c(O)c(-c2nc3ccccc3s2)c1. The Bertz CT molecular complexity index is 910. The summed E-state index contributed by atoms with van der Waals surface area (Å²) in [6, 6.07) is 10.4. The van der Waals surface area contributed by atoms with Crippen molar-refractivity contribution in [3.63, 3.8) is 0 Å². The molecule has 5 nitrogen and oxygen atoms in total. The summed E-state index contributed by atoms with van der Waals surface area (Å²) in [7, 11) is 0. The first-order valence-electron chi connectivity index (χ1n) is 7.54. The number of amides is 2. The largest absolute Gasteiger partial charge is 0.506 e. The van der Waals surface area contributed by atoms with Gasteiger partial charge in [-0.1, -0.05) is 36.5 Å². The molecule has 0 bridgehead atoms. The van der Waals surface area contributed by atoms with E-state index in [0.29, 0.717) is 16.3 Å². The Labute approximate surface area is 159 Å². The average molecular weight is 394 g/mol. The van der Waals surface area contributed by atoms with Crippen molar-refractivity contribution in [3.8, 4) is 16.3 Å². The zero-order chi connectivity index (χ0) is 18.1. The van der Waals surface area contributed by atoms with Gasteiger partial charge in [0.05, 0.1) is 26.5 Å². The smallest absolute Gasteiger partial charge is 0.332 e. The van der Waals surface area contributed by atoms with Crippen LogP contribution in [0.4, 0.5) is 10.5 Å². The van der Waals surface area contributed by atoms with Gasteiger partial charge >= 0.3 is 6.03 Å². The molecule has 2 aromatic carbocycles. The molecule has 0 fully saturated rings. The predicted octanol–water partition coefficient (Wildman–Crippen LogP) is 5.09. The maximum absolute atomic E-state index is 12.2. The summed E-state index contributed by atoms with van der Waals surface area (Å²) >= 11 is 11.8. The second-order valence-corrected chi connectivity index (χ2v) is 7.56. The second-order valence-electron chi connectivity index (χ2n) is 5.73. The highest BCUT2D eigenvalue weighted by atomic mass is 35.5. The summed E-state index contributed by atoms with van der Waals surface area (Å²) in [5.74, 6) is -0.0736. The van der Waals surface area contributed by atoms with E-state index in [1.54, 1.807) is 6.07 Å². The van der Waals surface area contributed by atoms with Crippen molar-refractivity contribution in [2.45, 2.75) is 19.9 Å². The molecule has 8 heteroatoms. The first-order valence-corrected chi connectivity index (χ1v) is 9.14. The maximum Gasteiger partial charge on any atom is 0.332 e. The number of anilines is 1. The third kappa shape index (κ3) is 3.68. The van der Waals surface area contributed by atoms with Gasteiger partial charge in [-0.25, -0.2) is 14.1 Å². The van der Waals surface area contributed by atoms with Crippen LogP contribution < -0.4 is 9.62 Å². The van der Waals surface area contributed by atoms with Gasteiger partial charge in [-0.05, 0) is 38.1 Å². The van der Waals surface area contributed by atoms with Gasteiger partial charge in [0.2, 0.25) is 0 Å². The van der Waals surface area contributed by atoms with Crippen molar-refractivity contribution >= 4 is 57.7 Å². The number of benzene rings is 2. The number of para-hydroxylation sites is 1. The van der Waals surface area contributed by atoms with Gasteiger partial charge in [0.25, 0.3) is 0 Å². The number of nitrogens with one attached hydrogen (secondary N) is 1. The zero-order valence-corrected chi connectivity index (χ0v) is 16.0. The van der Waals surface area contributed by atoms with Crippen LogP contribution in [0.1, 0.15) is 13.8 Å². The van der Waals surface area contributed by atoms with Crippen LogP contribution in [0, 0.1) is 0 Å². The Balaban J connectivity index is 2.05. The van der Waals surface area contributed by atoms with Crippen molar-refractivity contribution in [1.82, 2.24) is 10.3 Å². The number of halogens is 1. The molecule has 0 unspecified atom stereocenters. The van der Waals surface area contributed by atoms with E-state index in [1.165, 1.54) is 17.4 Å². The van der Waals surface area contributed by atoms with E-state index in [-0.39, 0.29) is 22.8 Å². The lowest BCUT2D eigenvalue weighted by molar-refractivity contribution is 0.248. The fourth-order valence-corrected chi connectivity index (χ4v) is 3.65. The van der Waals surface area contributed by atoms with Crippen molar-refractivity contribution < 1.29 is 9.90 Å². The van der Waals surface area contributed by atoms with Gasteiger partial charge in [0, 0.05) is 6.04 Å². The second kappa shape index (κ2) is 7.11. The molecule has 1 aromatic heterocycles. The van der Waals surface area contributed by atoms with Gasteiger partial charge in [-0.15, -0.1) is 11.3 Å². The first-order chi connectivity index (χ1) is 11.9. The number of phenols is 1. The number of fused-ring (bicyclic) bond motifs is 1. The van der Waals surface area contributed by atoms with Crippen LogP contribution in [-0.4, -0.2) is 22.2 Å². The summed E-state index contributed by atoms with van der Waals surface area (Å²) in [6.07, 6.45) is 0. The molecule has 0 aliphatic rings. The Morgan fingerprint density at radius 3 is 2.76 bits per heavy atom. The molecule has 25 heavy (non-hydrogen) atoms. The van der Waals surface area contributed by atoms with Crippen molar-refractivity contribution in [2.75, 3.05) is 4.31 Å². The third-order valence-electron chi connectivity index (χ3n) is 3.42. The van der Waals surface area contributed by atoms with Gasteiger partial charge in [0.1, 0.15) is 10.8 Å². The Morgan fingerprint density at radius 1 is 1.36 bits per heavy atom. The molecule has 130 valence electrons. The fraction of sp³-hybridized carbons (Fsp3) is 0.176. The van der Waals surface area contributed by atoms with Crippen LogP contribution >= 0.6 is 35.8 Å². The third-order valence-corrected chi connectivity index (χ3v) is 5.19. The lowest BCUT2D eigenvalue weighted by Gasteiger charge is -2.19. The molecule has 0 saturated carbocycles. The van der Waals surface area contributed by atoms with Gasteiger partial charge in [0.15, 0.2) is 0 Å². The monoisotopic (exact) mass is 393 g/mol. The van der Waals surface area contributed by atoms with Crippen LogP contribution in [-0.2, 0) is 0 Å². The number of rotatable bonds is 3. The molecule has 0 aliphatic heterocycles. The Hall–Kier alpha value is -1.96. The van der Waals surface area contributed by atoms with Gasteiger partial charge in [-0.2, -0.15) is 0 Å². The van der Waals surface area contributed by atoms with Crippen LogP contribution in [0.2, 0.25) is 5.02 Å². The van der Waals surface area contributed by atoms with Crippen molar-refractivity contribution in [3.05, 3.63) is 41.4 Å². The van der Waals surface area contributed by atoms with Crippen LogP contribution in [0.25, 0.3) is 20.8 Å². The molecule has 0 aliphatic carbocycles. The van der Waals surface area contributed by atoms with E-state index >= 15 is 0 Å². The number of hydrogen-bond donors (Lipinski definition) is 3. The molecular formula is C17H16ClN3O2S2. The Kier molecular flexibility index (Phi) is 5.08. The molecule has 3 rings (SSSR count). The predicted molar refractivity (Wildman–Crippen MR) is 107 cm³/mol. The topological polar surface area (TPSA) is 65.5 Å². The molecular weight excluding hydrogens is 378 g/mol. The molecule has 1 heterocycles. The number of thiazole rings is 1. The normalized spacial score (nSPS) is 11.1. The highest BCUT2D eigenvalue weighted by Crippen LogP contribution is 2.42. The zero-order valence-electron chi connectivity index (χ0n) is 13.5. The number of nitrogens with zero attached hydrogens (tertiary/aromatic N) is 2. The summed E-state index contributed by atoms with van der Waals surface area (Å²) in [5, 5.41) is 13.9.